The smallest absolute Gasteiger partial charge is 0.335 e. The maximum absolute atomic E-state index is 13.3. The third-order valence-electron chi connectivity index (χ3n) is 4.29. The monoisotopic (exact) mass is 327 g/mol. The first kappa shape index (κ1) is 16.2. The number of rotatable bonds is 4. The SMILES string of the molecule is O=C(O)c1ccc(CCC(=O)N2CCCc3cc(F)ccc32)cc1. The standard InChI is InChI=1S/C19H18FNO3/c20-16-8-9-17-15(12-16)2-1-11-21(17)18(22)10-5-13-3-6-14(7-4-13)19(23)24/h3-4,6-9,12H,1-2,5,10-11H2,(H,23,24). The summed E-state index contributed by atoms with van der Waals surface area (Å²) in [6, 6.07) is 11.1. The predicted octanol–water partition coefficient (Wildman–Crippen LogP) is 3.44. The molecule has 0 radical (unpaired) electrons. The highest BCUT2D eigenvalue weighted by Gasteiger charge is 2.22. The minimum absolute atomic E-state index is 0.00451. The summed E-state index contributed by atoms with van der Waals surface area (Å²) in [7, 11) is 0. The molecule has 0 unspecified atom stereocenters. The Bertz CT molecular complexity index is 771. The van der Waals surface area contributed by atoms with Crippen LogP contribution in [0.15, 0.2) is 42.5 Å². The van der Waals surface area contributed by atoms with Gasteiger partial charge in [-0.1, -0.05) is 12.1 Å². The third kappa shape index (κ3) is 3.45. The first-order chi connectivity index (χ1) is 11.5. The number of anilines is 1. The van der Waals surface area contributed by atoms with Crippen LogP contribution in [0.2, 0.25) is 0 Å². The van der Waals surface area contributed by atoms with Gasteiger partial charge >= 0.3 is 5.97 Å². The normalized spacial score (nSPS) is 13.5. The second-order valence-corrected chi connectivity index (χ2v) is 5.92. The Morgan fingerprint density at radius 2 is 1.88 bits per heavy atom. The molecule has 1 aliphatic heterocycles. The van der Waals surface area contributed by atoms with Crippen molar-refractivity contribution >= 4 is 17.6 Å². The Kier molecular flexibility index (Phi) is 4.60. The summed E-state index contributed by atoms with van der Waals surface area (Å²) in [6.07, 6.45) is 2.50. The molecule has 0 saturated carbocycles. The van der Waals surface area contributed by atoms with E-state index in [9.17, 15) is 14.0 Å². The summed E-state index contributed by atoms with van der Waals surface area (Å²) < 4.78 is 13.3. The molecule has 3 rings (SSSR count). The van der Waals surface area contributed by atoms with E-state index in [0.717, 1.165) is 29.7 Å². The first-order valence-electron chi connectivity index (χ1n) is 7.95. The van der Waals surface area contributed by atoms with Crippen LogP contribution in [0.4, 0.5) is 10.1 Å². The molecule has 0 spiro atoms. The number of hydrogen-bond donors (Lipinski definition) is 1. The summed E-state index contributed by atoms with van der Waals surface area (Å²) in [5.41, 5.74) is 2.83. The topological polar surface area (TPSA) is 57.6 Å². The van der Waals surface area contributed by atoms with E-state index in [1.54, 1.807) is 35.2 Å². The highest BCUT2D eigenvalue weighted by atomic mass is 19.1. The van der Waals surface area contributed by atoms with Gasteiger partial charge in [-0.25, -0.2) is 9.18 Å². The van der Waals surface area contributed by atoms with Gasteiger partial charge in [0.15, 0.2) is 0 Å². The fourth-order valence-corrected chi connectivity index (χ4v) is 3.02. The maximum Gasteiger partial charge on any atom is 0.335 e. The Labute approximate surface area is 139 Å². The minimum atomic E-state index is -0.963. The maximum atomic E-state index is 13.3. The largest absolute Gasteiger partial charge is 0.478 e. The van der Waals surface area contributed by atoms with Crippen LogP contribution in [-0.4, -0.2) is 23.5 Å². The average molecular weight is 327 g/mol. The number of benzene rings is 2. The second-order valence-electron chi connectivity index (χ2n) is 5.92. The zero-order valence-electron chi connectivity index (χ0n) is 13.2. The van der Waals surface area contributed by atoms with Gasteiger partial charge in [0, 0.05) is 18.7 Å². The summed E-state index contributed by atoms with van der Waals surface area (Å²) in [4.78, 5) is 25.1. The average Bonchev–Trinajstić information content (AvgIpc) is 2.59. The van der Waals surface area contributed by atoms with Crippen LogP contribution in [0, 0.1) is 5.82 Å². The van der Waals surface area contributed by atoms with Crippen LogP contribution >= 0.6 is 0 Å². The van der Waals surface area contributed by atoms with Crippen molar-refractivity contribution in [3.8, 4) is 0 Å². The number of carbonyl (C=O) groups excluding carboxylic acids is 1. The molecule has 24 heavy (non-hydrogen) atoms. The molecule has 0 aliphatic carbocycles. The van der Waals surface area contributed by atoms with E-state index in [-0.39, 0.29) is 17.3 Å². The zero-order chi connectivity index (χ0) is 17.1. The third-order valence-corrected chi connectivity index (χ3v) is 4.29. The number of aryl methyl sites for hydroxylation is 2. The van der Waals surface area contributed by atoms with Gasteiger partial charge in [-0.05, 0) is 60.7 Å². The van der Waals surface area contributed by atoms with E-state index in [1.165, 1.54) is 12.1 Å². The lowest BCUT2D eigenvalue weighted by Crippen LogP contribution is -2.35. The molecule has 4 nitrogen and oxygen atoms in total. The lowest BCUT2D eigenvalue weighted by Gasteiger charge is -2.29. The molecule has 2 aromatic carbocycles. The van der Waals surface area contributed by atoms with Crippen molar-refractivity contribution in [2.75, 3.05) is 11.4 Å². The molecule has 0 fully saturated rings. The van der Waals surface area contributed by atoms with E-state index < -0.39 is 5.97 Å². The van der Waals surface area contributed by atoms with Crippen LogP contribution in [0.3, 0.4) is 0 Å². The van der Waals surface area contributed by atoms with Gasteiger partial charge in [0.05, 0.1) is 5.56 Å². The molecule has 0 atom stereocenters. The van der Waals surface area contributed by atoms with Gasteiger partial charge in [-0.3, -0.25) is 4.79 Å². The molecule has 2 aromatic rings. The van der Waals surface area contributed by atoms with E-state index in [2.05, 4.69) is 0 Å². The van der Waals surface area contributed by atoms with Crippen molar-refractivity contribution < 1.29 is 19.1 Å². The van der Waals surface area contributed by atoms with Gasteiger partial charge in [-0.15, -0.1) is 0 Å². The number of hydrogen-bond acceptors (Lipinski definition) is 2. The van der Waals surface area contributed by atoms with Crippen LogP contribution in [0.1, 0.15) is 34.3 Å². The summed E-state index contributed by atoms with van der Waals surface area (Å²) in [6.45, 7) is 0.648. The lowest BCUT2D eigenvalue weighted by molar-refractivity contribution is -0.118. The number of nitrogens with zero attached hydrogens (tertiary/aromatic N) is 1. The van der Waals surface area contributed by atoms with Crippen molar-refractivity contribution in [3.05, 3.63) is 65.0 Å². The van der Waals surface area contributed by atoms with E-state index in [1.807, 2.05) is 0 Å². The Morgan fingerprint density at radius 1 is 1.12 bits per heavy atom. The van der Waals surface area contributed by atoms with Crippen LogP contribution in [0.5, 0.6) is 0 Å². The van der Waals surface area contributed by atoms with E-state index >= 15 is 0 Å². The molecule has 1 N–H and O–H groups in total. The molecule has 0 aromatic heterocycles. The molecule has 1 aliphatic rings. The summed E-state index contributed by atoms with van der Waals surface area (Å²) in [5, 5.41) is 8.89. The van der Waals surface area contributed by atoms with Gasteiger partial charge in [-0.2, -0.15) is 0 Å². The van der Waals surface area contributed by atoms with Gasteiger partial charge in [0.1, 0.15) is 5.82 Å². The number of carbonyl (C=O) groups is 2. The predicted molar refractivity (Wildman–Crippen MR) is 88.8 cm³/mol. The summed E-state index contributed by atoms with van der Waals surface area (Å²) >= 11 is 0. The lowest BCUT2D eigenvalue weighted by atomic mass is 10.0. The van der Waals surface area contributed by atoms with E-state index in [4.69, 9.17) is 5.11 Å². The van der Waals surface area contributed by atoms with Crippen LogP contribution < -0.4 is 4.90 Å². The quantitative estimate of drug-likeness (QED) is 0.936. The first-order valence-corrected chi connectivity index (χ1v) is 7.95. The Hall–Kier alpha value is -2.69. The number of aromatic carboxylic acids is 1. The highest BCUT2D eigenvalue weighted by Crippen LogP contribution is 2.28. The number of carboxylic acids is 1. The number of halogens is 1. The van der Waals surface area contributed by atoms with Crippen LogP contribution in [0.25, 0.3) is 0 Å². The Balaban J connectivity index is 1.67. The molecule has 0 saturated heterocycles. The number of carboxylic acid groups (broad SMARTS) is 1. The van der Waals surface area contributed by atoms with E-state index in [0.29, 0.717) is 19.4 Å². The minimum Gasteiger partial charge on any atom is -0.478 e. The molecular weight excluding hydrogens is 309 g/mol. The molecule has 1 amide bonds. The van der Waals surface area contributed by atoms with Gasteiger partial charge in [0.2, 0.25) is 5.91 Å². The molecule has 0 bridgehead atoms. The Morgan fingerprint density at radius 3 is 2.58 bits per heavy atom. The van der Waals surface area contributed by atoms with Gasteiger partial charge in [0.25, 0.3) is 0 Å². The van der Waals surface area contributed by atoms with Crippen molar-refractivity contribution in [2.24, 2.45) is 0 Å². The van der Waals surface area contributed by atoms with Crippen LogP contribution in [-0.2, 0) is 17.6 Å². The fraction of sp³-hybridized carbons (Fsp3) is 0.263. The molecule has 5 heteroatoms. The molecular formula is C19H18FNO3. The number of fused-ring (bicyclic) bond motifs is 1. The second kappa shape index (κ2) is 6.83. The highest BCUT2D eigenvalue weighted by molar-refractivity contribution is 5.94. The molecule has 124 valence electrons. The van der Waals surface area contributed by atoms with Crippen molar-refractivity contribution in [3.63, 3.8) is 0 Å². The van der Waals surface area contributed by atoms with Gasteiger partial charge < -0.3 is 10.0 Å². The zero-order valence-corrected chi connectivity index (χ0v) is 13.2. The number of amides is 1. The van der Waals surface area contributed by atoms with Crippen molar-refractivity contribution in [1.82, 2.24) is 0 Å². The van der Waals surface area contributed by atoms with Crippen molar-refractivity contribution in [1.29, 1.82) is 0 Å². The van der Waals surface area contributed by atoms with Crippen molar-refractivity contribution in [2.45, 2.75) is 25.7 Å². The molecule has 1 heterocycles. The summed E-state index contributed by atoms with van der Waals surface area (Å²) in [5.74, 6) is -1.23. The fourth-order valence-electron chi connectivity index (χ4n) is 3.02.